The van der Waals surface area contributed by atoms with Crippen LogP contribution in [-0.4, -0.2) is 48.5 Å². The van der Waals surface area contributed by atoms with Gasteiger partial charge in [-0.05, 0) is 49.6 Å². The molecule has 2 aromatic carbocycles. The third kappa shape index (κ3) is 5.83. The third-order valence-corrected chi connectivity index (χ3v) is 5.06. The molecule has 0 saturated carbocycles. The Morgan fingerprint density at radius 3 is 2.20 bits per heavy atom. The van der Waals surface area contributed by atoms with E-state index in [0.717, 1.165) is 5.56 Å². The van der Waals surface area contributed by atoms with Crippen molar-refractivity contribution in [2.24, 2.45) is 0 Å². The molecule has 7 nitrogen and oxygen atoms in total. The summed E-state index contributed by atoms with van der Waals surface area (Å²) in [5.74, 6) is -0.268. The van der Waals surface area contributed by atoms with Crippen LogP contribution in [0, 0.1) is 0 Å². The predicted octanol–water partition coefficient (Wildman–Crippen LogP) is 2.97. The Morgan fingerprint density at radius 1 is 0.933 bits per heavy atom. The average Bonchev–Trinajstić information content (AvgIpc) is 2.79. The summed E-state index contributed by atoms with van der Waals surface area (Å²) in [6.07, 6.45) is 1.11. The van der Waals surface area contributed by atoms with Crippen molar-refractivity contribution in [2.45, 2.75) is 32.4 Å². The Kier molecular flexibility index (Phi) is 7.43. The van der Waals surface area contributed by atoms with Gasteiger partial charge in [0, 0.05) is 36.8 Å². The fourth-order valence-corrected chi connectivity index (χ4v) is 3.34. The average molecular weight is 409 g/mol. The molecular weight excluding hydrogens is 382 g/mol. The minimum absolute atomic E-state index is 0.0352. The Hall–Kier alpha value is -3.35. The van der Waals surface area contributed by atoms with Gasteiger partial charge in [0.05, 0.1) is 6.61 Å². The Bertz CT molecular complexity index is 860. The lowest BCUT2D eigenvalue weighted by Crippen LogP contribution is -2.46. The van der Waals surface area contributed by atoms with Crippen LogP contribution < -0.4 is 10.6 Å². The summed E-state index contributed by atoms with van der Waals surface area (Å²) in [7, 11) is 0. The second kappa shape index (κ2) is 10.4. The number of rotatable bonds is 6. The Balaban J connectivity index is 1.45. The molecule has 1 fully saturated rings. The predicted molar refractivity (Wildman–Crippen MR) is 113 cm³/mol. The van der Waals surface area contributed by atoms with Gasteiger partial charge >= 0.3 is 6.09 Å². The fraction of sp³-hybridized carbons (Fsp3) is 0.348. The van der Waals surface area contributed by atoms with Crippen LogP contribution >= 0.6 is 0 Å². The highest BCUT2D eigenvalue weighted by atomic mass is 16.6. The van der Waals surface area contributed by atoms with Crippen LogP contribution in [-0.2, 0) is 11.3 Å². The molecule has 3 rings (SSSR count). The number of likely N-dealkylation sites (tertiary alicyclic amines) is 1. The second-order valence-electron chi connectivity index (χ2n) is 7.18. The number of ether oxygens (including phenoxy) is 1. The number of benzene rings is 2. The van der Waals surface area contributed by atoms with E-state index in [9.17, 15) is 14.4 Å². The molecule has 3 amide bonds. The molecule has 30 heavy (non-hydrogen) atoms. The van der Waals surface area contributed by atoms with Gasteiger partial charge in [-0.1, -0.05) is 30.3 Å². The minimum Gasteiger partial charge on any atom is -0.450 e. The van der Waals surface area contributed by atoms with E-state index in [1.807, 2.05) is 30.3 Å². The molecule has 2 N–H and O–H groups in total. The van der Waals surface area contributed by atoms with Crippen molar-refractivity contribution < 1.29 is 19.1 Å². The number of nitrogens with zero attached hydrogens (tertiary/aromatic N) is 1. The minimum atomic E-state index is -0.294. The molecule has 0 spiro atoms. The first kappa shape index (κ1) is 21.4. The van der Waals surface area contributed by atoms with Gasteiger partial charge in [-0.25, -0.2) is 4.79 Å². The molecule has 0 radical (unpaired) electrons. The van der Waals surface area contributed by atoms with E-state index in [4.69, 9.17) is 4.74 Å². The summed E-state index contributed by atoms with van der Waals surface area (Å²) >= 11 is 0. The zero-order valence-electron chi connectivity index (χ0n) is 17.1. The smallest absolute Gasteiger partial charge is 0.409 e. The van der Waals surface area contributed by atoms with Gasteiger partial charge in [0.1, 0.15) is 0 Å². The van der Waals surface area contributed by atoms with Crippen molar-refractivity contribution >= 4 is 17.9 Å². The summed E-state index contributed by atoms with van der Waals surface area (Å²) in [5.41, 5.74) is 2.10. The van der Waals surface area contributed by atoms with Crippen molar-refractivity contribution in [3.05, 3.63) is 71.3 Å². The van der Waals surface area contributed by atoms with Gasteiger partial charge < -0.3 is 20.3 Å². The lowest BCUT2D eigenvalue weighted by molar-refractivity contribution is 0.0858. The van der Waals surface area contributed by atoms with Crippen LogP contribution in [0.3, 0.4) is 0 Å². The van der Waals surface area contributed by atoms with Gasteiger partial charge in [0.2, 0.25) is 0 Å². The maximum atomic E-state index is 12.5. The molecule has 1 saturated heterocycles. The molecule has 0 unspecified atom stereocenters. The number of carbonyl (C=O) groups is 3. The van der Waals surface area contributed by atoms with Crippen LogP contribution in [0.15, 0.2) is 54.6 Å². The molecule has 2 aromatic rings. The number of hydrogen-bond acceptors (Lipinski definition) is 4. The van der Waals surface area contributed by atoms with Gasteiger partial charge in [-0.15, -0.1) is 0 Å². The van der Waals surface area contributed by atoms with Crippen molar-refractivity contribution in [1.82, 2.24) is 15.5 Å². The normalized spacial score (nSPS) is 14.1. The van der Waals surface area contributed by atoms with Crippen molar-refractivity contribution in [3.8, 4) is 0 Å². The first-order valence-electron chi connectivity index (χ1n) is 10.2. The molecule has 0 aromatic heterocycles. The van der Waals surface area contributed by atoms with Crippen LogP contribution in [0.1, 0.15) is 46.0 Å². The summed E-state index contributed by atoms with van der Waals surface area (Å²) < 4.78 is 5.01. The summed E-state index contributed by atoms with van der Waals surface area (Å²) in [5, 5.41) is 5.90. The van der Waals surface area contributed by atoms with E-state index in [-0.39, 0.29) is 23.9 Å². The van der Waals surface area contributed by atoms with E-state index in [0.29, 0.717) is 50.2 Å². The van der Waals surface area contributed by atoms with Crippen LogP contribution in [0.2, 0.25) is 0 Å². The van der Waals surface area contributed by atoms with E-state index >= 15 is 0 Å². The number of hydrogen-bond donors (Lipinski definition) is 2. The van der Waals surface area contributed by atoms with E-state index in [2.05, 4.69) is 10.6 Å². The van der Waals surface area contributed by atoms with Crippen molar-refractivity contribution in [2.75, 3.05) is 19.7 Å². The van der Waals surface area contributed by atoms with Crippen LogP contribution in [0.4, 0.5) is 4.79 Å². The zero-order valence-corrected chi connectivity index (χ0v) is 17.1. The number of nitrogens with one attached hydrogen (secondary N) is 2. The number of piperidine rings is 1. The molecule has 0 aliphatic carbocycles. The standard InChI is InChI=1S/C23H27N3O4/c1-2-30-23(29)26-14-12-20(13-15-26)25-22(28)19-10-8-17(9-11-19)16-24-21(27)18-6-4-3-5-7-18/h3-11,20H,2,12-16H2,1H3,(H,24,27)(H,25,28). The summed E-state index contributed by atoms with van der Waals surface area (Å²) in [4.78, 5) is 38.0. The second-order valence-corrected chi connectivity index (χ2v) is 7.18. The van der Waals surface area contributed by atoms with E-state index in [1.54, 1.807) is 36.1 Å². The number of carbonyl (C=O) groups excluding carboxylic acids is 3. The molecule has 1 aliphatic rings. The Labute approximate surface area is 176 Å². The maximum Gasteiger partial charge on any atom is 0.409 e. The van der Waals surface area contributed by atoms with Gasteiger partial charge in [-0.3, -0.25) is 9.59 Å². The topological polar surface area (TPSA) is 87.7 Å². The van der Waals surface area contributed by atoms with E-state index in [1.165, 1.54) is 0 Å². The van der Waals surface area contributed by atoms with Gasteiger partial charge in [-0.2, -0.15) is 0 Å². The van der Waals surface area contributed by atoms with Gasteiger partial charge in [0.15, 0.2) is 0 Å². The first-order chi connectivity index (χ1) is 14.6. The maximum absolute atomic E-state index is 12.5. The monoisotopic (exact) mass is 409 g/mol. The SMILES string of the molecule is CCOC(=O)N1CCC(NC(=O)c2ccc(CNC(=O)c3ccccc3)cc2)CC1. The quantitative estimate of drug-likeness (QED) is 0.768. The third-order valence-electron chi connectivity index (χ3n) is 5.06. The Morgan fingerprint density at radius 2 is 1.57 bits per heavy atom. The zero-order chi connectivity index (χ0) is 21.3. The summed E-state index contributed by atoms with van der Waals surface area (Å²) in [6.45, 7) is 3.68. The van der Waals surface area contributed by atoms with Crippen LogP contribution in [0.25, 0.3) is 0 Å². The largest absolute Gasteiger partial charge is 0.450 e. The molecular formula is C23H27N3O4. The molecule has 0 bridgehead atoms. The summed E-state index contributed by atoms with van der Waals surface area (Å²) in [6, 6.07) is 16.3. The lowest BCUT2D eigenvalue weighted by Gasteiger charge is -2.31. The highest BCUT2D eigenvalue weighted by Gasteiger charge is 2.24. The molecule has 158 valence electrons. The molecule has 7 heteroatoms. The molecule has 1 heterocycles. The molecule has 0 atom stereocenters. The van der Waals surface area contributed by atoms with Crippen molar-refractivity contribution in [1.29, 1.82) is 0 Å². The fourth-order valence-electron chi connectivity index (χ4n) is 3.34. The lowest BCUT2D eigenvalue weighted by atomic mass is 10.0. The van der Waals surface area contributed by atoms with Crippen molar-refractivity contribution in [3.63, 3.8) is 0 Å². The highest BCUT2D eigenvalue weighted by molar-refractivity contribution is 5.95. The van der Waals surface area contributed by atoms with Gasteiger partial charge in [0.25, 0.3) is 11.8 Å². The number of amides is 3. The van der Waals surface area contributed by atoms with E-state index < -0.39 is 0 Å². The first-order valence-corrected chi connectivity index (χ1v) is 10.2. The molecule has 1 aliphatic heterocycles. The van der Waals surface area contributed by atoms with Crippen LogP contribution in [0.5, 0.6) is 0 Å². The highest BCUT2D eigenvalue weighted by Crippen LogP contribution is 2.13.